The highest BCUT2D eigenvalue weighted by Gasteiger charge is 2.16. The number of aryl methyl sites for hydroxylation is 2. The second-order valence-corrected chi connectivity index (χ2v) is 8.16. The van der Waals surface area contributed by atoms with Crippen LogP contribution in [0.1, 0.15) is 24.0 Å². The summed E-state index contributed by atoms with van der Waals surface area (Å²) in [5.74, 6) is -0.159. The Hall–Kier alpha value is -2.45. The number of halogens is 1. The summed E-state index contributed by atoms with van der Waals surface area (Å²) in [6, 6.07) is 11.0. The number of nitrogens with one attached hydrogen (secondary N) is 2. The molecule has 0 aliphatic carbocycles. The molecule has 2 aromatic carbocycles. The zero-order chi connectivity index (χ0) is 20.6. The molecular formula is C20H25FN2O4S. The molecule has 0 heterocycles. The van der Waals surface area contributed by atoms with E-state index in [4.69, 9.17) is 4.74 Å². The summed E-state index contributed by atoms with van der Waals surface area (Å²) in [6.07, 6.45) is 0.704. The topological polar surface area (TPSA) is 84.5 Å². The number of carbonyl (C=O) groups excluding carboxylic acids is 1. The summed E-state index contributed by atoms with van der Waals surface area (Å²) in [6.45, 7) is 4.14. The SMILES string of the molecule is Cc1ccc(C)c(S(=O)(=O)NCCNC(=O)CCCOc2cccc(F)c2)c1. The maximum atomic E-state index is 13.0. The van der Waals surface area contributed by atoms with Gasteiger partial charge in [-0.2, -0.15) is 0 Å². The van der Waals surface area contributed by atoms with Crippen molar-refractivity contribution in [3.8, 4) is 5.75 Å². The molecule has 28 heavy (non-hydrogen) atoms. The van der Waals surface area contributed by atoms with Crippen LogP contribution in [0.15, 0.2) is 47.4 Å². The fraction of sp³-hybridized carbons (Fsp3) is 0.350. The second kappa shape index (κ2) is 10.2. The van der Waals surface area contributed by atoms with Gasteiger partial charge in [-0.1, -0.05) is 18.2 Å². The van der Waals surface area contributed by atoms with Gasteiger partial charge in [0.15, 0.2) is 0 Å². The van der Waals surface area contributed by atoms with Crippen LogP contribution in [0.5, 0.6) is 5.75 Å². The Balaban J connectivity index is 1.66. The van der Waals surface area contributed by atoms with E-state index < -0.39 is 10.0 Å². The van der Waals surface area contributed by atoms with Gasteiger partial charge in [0.2, 0.25) is 15.9 Å². The van der Waals surface area contributed by atoms with Gasteiger partial charge in [-0.15, -0.1) is 0 Å². The van der Waals surface area contributed by atoms with Crippen molar-refractivity contribution in [1.82, 2.24) is 10.0 Å². The van der Waals surface area contributed by atoms with E-state index in [1.807, 2.05) is 13.0 Å². The highest BCUT2D eigenvalue weighted by Crippen LogP contribution is 2.16. The van der Waals surface area contributed by atoms with Crippen molar-refractivity contribution in [1.29, 1.82) is 0 Å². The first kappa shape index (κ1) is 21.8. The molecule has 2 N–H and O–H groups in total. The monoisotopic (exact) mass is 408 g/mol. The fourth-order valence-electron chi connectivity index (χ4n) is 2.53. The van der Waals surface area contributed by atoms with Gasteiger partial charge in [0.1, 0.15) is 11.6 Å². The molecule has 0 fully saturated rings. The number of ether oxygens (including phenoxy) is 1. The van der Waals surface area contributed by atoms with E-state index in [9.17, 15) is 17.6 Å². The molecule has 2 aromatic rings. The average Bonchev–Trinajstić information content (AvgIpc) is 2.64. The lowest BCUT2D eigenvalue weighted by atomic mass is 10.2. The van der Waals surface area contributed by atoms with Crippen LogP contribution in [0.2, 0.25) is 0 Å². The Labute approximate surface area is 165 Å². The summed E-state index contributed by atoms with van der Waals surface area (Å²) in [4.78, 5) is 12.0. The van der Waals surface area contributed by atoms with Crippen LogP contribution in [0.3, 0.4) is 0 Å². The summed E-state index contributed by atoms with van der Waals surface area (Å²) in [7, 11) is -3.62. The normalized spacial score (nSPS) is 11.2. The molecule has 2 rings (SSSR count). The molecule has 0 bridgehead atoms. The van der Waals surface area contributed by atoms with Crippen molar-refractivity contribution < 1.29 is 22.3 Å². The van der Waals surface area contributed by atoms with Crippen LogP contribution in [0.4, 0.5) is 4.39 Å². The van der Waals surface area contributed by atoms with Crippen LogP contribution in [0, 0.1) is 19.7 Å². The number of amides is 1. The van der Waals surface area contributed by atoms with Crippen LogP contribution in [-0.4, -0.2) is 34.0 Å². The molecule has 0 aliphatic heterocycles. The fourth-order valence-corrected chi connectivity index (χ4v) is 3.89. The molecule has 0 saturated heterocycles. The molecule has 0 aliphatic rings. The van der Waals surface area contributed by atoms with Crippen LogP contribution < -0.4 is 14.8 Å². The number of sulfonamides is 1. The number of rotatable bonds is 10. The molecule has 0 unspecified atom stereocenters. The quantitative estimate of drug-likeness (QED) is 0.592. The Bertz CT molecular complexity index is 916. The van der Waals surface area contributed by atoms with Crippen molar-refractivity contribution in [2.45, 2.75) is 31.6 Å². The average molecular weight is 408 g/mol. The first-order valence-corrected chi connectivity index (χ1v) is 10.5. The third kappa shape index (κ3) is 6.94. The van der Waals surface area contributed by atoms with E-state index in [1.165, 1.54) is 12.1 Å². The Kier molecular flexibility index (Phi) is 7.95. The minimum Gasteiger partial charge on any atom is -0.493 e. The lowest BCUT2D eigenvalue weighted by molar-refractivity contribution is -0.121. The van der Waals surface area contributed by atoms with Gasteiger partial charge in [0, 0.05) is 25.6 Å². The van der Waals surface area contributed by atoms with Crippen molar-refractivity contribution in [3.05, 3.63) is 59.4 Å². The van der Waals surface area contributed by atoms with Crippen molar-refractivity contribution in [2.75, 3.05) is 19.7 Å². The lowest BCUT2D eigenvalue weighted by Gasteiger charge is -2.11. The van der Waals surface area contributed by atoms with Gasteiger partial charge in [-0.25, -0.2) is 17.5 Å². The number of benzene rings is 2. The molecule has 8 heteroatoms. The van der Waals surface area contributed by atoms with Crippen LogP contribution >= 0.6 is 0 Å². The third-order valence-electron chi connectivity index (χ3n) is 3.99. The van der Waals surface area contributed by atoms with Crippen molar-refractivity contribution in [2.24, 2.45) is 0 Å². The summed E-state index contributed by atoms with van der Waals surface area (Å²) >= 11 is 0. The van der Waals surface area contributed by atoms with Crippen LogP contribution in [-0.2, 0) is 14.8 Å². The minimum atomic E-state index is -3.62. The predicted molar refractivity (Wildman–Crippen MR) is 105 cm³/mol. The first-order valence-electron chi connectivity index (χ1n) is 9.00. The lowest BCUT2D eigenvalue weighted by Crippen LogP contribution is -2.35. The molecule has 0 radical (unpaired) electrons. The first-order chi connectivity index (χ1) is 13.3. The molecular weight excluding hydrogens is 383 g/mol. The molecule has 1 amide bonds. The van der Waals surface area contributed by atoms with E-state index in [0.717, 1.165) is 5.56 Å². The minimum absolute atomic E-state index is 0.0985. The largest absolute Gasteiger partial charge is 0.493 e. The van der Waals surface area contributed by atoms with E-state index in [0.29, 0.717) is 17.7 Å². The van der Waals surface area contributed by atoms with Gasteiger partial charge in [-0.3, -0.25) is 4.79 Å². The maximum absolute atomic E-state index is 13.0. The predicted octanol–water partition coefficient (Wildman–Crippen LogP) is 2.70. The number of carbonyl (C=O) groups is 1. The van der Waals surface area contributed by atoms with Crippen molar-refractivity contribution in [3.63, 3.8) is 0 Å². The highest BCUT2D eigenvalue weighted by molar-refractivity contribution is 7.89. The van der Waals surface area contributed by atoms with Gasteiger partial charge in [0.25, 0.3) is 0 Å². The third-order valence-corrected chi connectivity index (χ3v) is 5.59. The number of hydrogen-bond donors (Lipinski definition) is 2. The van der Waals surface area contributed by atoms with Gasteiger partial charge < -0.3 is 10.1 Å². The Morgan fingerprint density at radius 2 is 1.89 bits per heavy atom. The molecule has 0 atom stereocenters. The Morgan fingerprint density at radius 1 is 1.11 bits per heavy atom. The molecule has 0 aromatic heterocycles. The summed E-state index contributed by atoms with van der Waals surface area (Å²) in [5, 5.41) is 2.66. The van der Waals surface area contributed by atoms with Crippen molar-refractivity contribution >= 4 is 15.9 Å². The van der Waals surface area contributed by atoms with E-state index in [-0.39, 0.29) is 42.7 Å². The van der Waals surface area contributed by atoms with Gasteiger partial charge in [-0.05, 0) is 49.6 Å². The van der Waals surface area contributed by atoms with Gasteiger partial charge in [0.05, 0.1) is 11.5 Å². The number of hydrogen-bond acceptors (Lipinski definition) is 4. The van der Waals surface area contributed by atoms with Crippen LogP contribution in [0.25, 0.3) is 0 Å². The van der Waals surface area contributed by atoms with E-state index in [2.05, 4.69) is 10.0 Å². The van der Waals surface area contributed by atoms with E-state index >= 15 is 0 Å². The standard InChI is InChI=1S/C20H25FN2O4S/c1-15-8-9-16(2)19(13-15)28(25,26)23-11-10-22-20(24)7-4-12-27-18-6-3-5-17(21)14-18/h3,5-6,8-9,13-14,23H,4,7,10-12H2,1-2H3,(H,22,24). The summed E-state index contributed by atoms with van der Waals surface area (Å²) in [5.41, 5.74) is 1.53. The maximum Gasteiger partial charge on any atom is 0.240 e. The molecule has 6 nitrogen and oxygen atoms in total. The smallest absolute Gasteiger partial charge is 0.240 e. The van der Waals surface area contributed by atoms with Gasteiger partial charge >= 0.3 is 0 Å². The Morgan fingerprint density at radius 3 is 2.64 bits per heavy atom. The molecule has 0 saturated carbocycles. The molecule has 0 spiro atoms. The van der Waals surface area contributed by atoms with E-state index in [1.54, 1.807) is 31.2 Å². The highest BCUT2D eigenvalue weighted by atomic mass is 32.2. The summed E-state index contributed by atoms with van der Waals surface area (Å²) < 4.78 is 45.6. The zero-order valence-electron chi connectivity index (χ0n) is 16.0. The molecule has 152 valence electrons. The second-order valence-electron chi connectivity index (χ2n) is 6.43. The zero-order valence-corrected chi connectivity index (χ0v) is 16.8.